The van der Waals surface area contributed by atoms with Crippen LogP contribution in [0.15, 0.2) is 28.9 Å². The van der Waals surface area contributed by atoms with Crippen LogP contribution in [0.5, 0.6) is 0 Å². The molecule has 0 aliphatic carbocycles. The topological polar surface area (TPSA) is 62.5 Å². The smallest absolute Gasteiger partial charge is 0.223 e. The second-order valence-electron chi connectivity index (χ2n) is 5.83. The number of aryl methyl sites for hydroxylation is 1. The number of pyridine rings is 1. The SMILES string of the molecule is CC1CN(C(=O)CCc2cc(Cl)no2)CCN1c1ccc(F)cn1. The Morgan fingerprint density at radius 1 is 1.46 bits per heavy atom. The molecule has 1 aliphatic heterocycles. The van der Waals surface area contributed by atoms with Crippen LogP contribution >= 0.6 is 11.6 Å². The molecule has 2 aromatic heterocycles. The molecule has 0 N–H and O–H groups in total. The summed E-state index contributed by atoms with van der Waals surface area (Å²) in [4.78, 5) is 20.4. The highest BCUT2D eigenvalue weighted by molar-refractivity contribution is 6.29. The monoisotopic (exact) mass is 352 g/mol. The van der Waals surface area contributed by atoms with Crippen LogP contribution in [0.25, 0.3) is 0 Å². The van der Waals surface area contributed by atoms with Crippen molar-refractivity contribution in [3.63, 3.8) is 0 Å². The molecule has 0 saturated carbocycles. The summed E-state index contributed by atoms with van der Waals surface area (Å²) in [6, 6.07) is 4.79. The number of anilines is 1. The zero-order valence-corrected chi connectivity index (χ0v) is 14.0. The highest BCUT2D eigenvalue weighted by Gasteiger charge is 2.27. The normalized spacial score (nSPS) is 18.0. The van der Waals surface area contributed by atoms with Crippen LogP contribution in [0.3, 0.4) is 0 Å². The lowest BCUT2D eigenvalue weighted by Gasteiger charge is -2.40. The number of halogens is 2. The maximum Gasteiger partial charge on any atom is 0.223 e. The van der Waals surface area contributed by atoms with Gasteiger partial charge in [0.25, 0.3) is 0 Å². The molecular weight excluding hydrogens is 335 g/mol. The molecule has 1 saturated heterocycles. The zero-order valence-electron chi connectivity index (χ0n) is 13.3. The molecule has 0 radical (unpaired) electrons. The van der Waals surface area contributed by atoms with E-state index in [-0.39, 0.29) is 17.8 Å². The van der Waals surface area contributed by atoms with Crippen molar-refractivity contribution >= 4 is 23.3 Å². The molecule has 1 unspecified atom stereocenters. The quantitative estimate of drug-likeness (QED) is 0.846. The molecule has 128 valence electrons. The van der Waals surface area contributed by atoms with Crippen molar-refractivity contribution in [2.75, 3.05) is 24.5 Å². The number of aromatic nitrogens is 2. The Labute approximate surface area is 144 Å². The molecule has 24 heavy (non-hydrogen) atoms. The van der Waals surface area contributed by atoms with Crippen molar-refractivity contribution in [3.05, 3.63) is 41.1 Å². The van der Waals surface area contributed by atoms with E-state index >= 15 is 0 Å². The molecule has 3 rings (SSSR count). The molecule has 0 bridgehead atoms. The Balaban J connectivity index is 1.54. The van der Waals surface area contributed by atoms with Crippen molar-refractivity contribution in [2.45, 2.75) is 25.8 Å². The van der Waals surface area contributed by atoms with Gasteiger partial charge < -0.3 is 14.3 Å². The number of carbonyl (C=O) groups excluding carboxylic acids is 1. The number of rotatable bonds is 4. The summed E-state index contributed by atoms with van der Waals surface area (Å²) in [5, 5.41) is 3.89. The molecule has 1 atom stereocenters. The number of carbonyl (C=O) groups is 1. The van der Waals surface area contributed by atoms with Crippen LogP contribution in [0.2, 0.25) is 5.15 Å². The third-order valence-corrected chi connectivity index (χ3v) is 4.28. The molecule has 1 aliphatic rings. The Morgan fingerprint density at radius 2 is 2.29 bits per heavy atom. The molecule has 2 aromatic rings. The third-order valence-electron chi connectivity index (χ3n) is 4.10. The van der Waals surface area contributed by atoms with Gasteiger partial charge in [0, 0.05) is 44.6 Å². The standard InChI is InChI=1S/C16H18ClFN4O2/c1-11-10-21(16(23)5-3-13-8-14(17)20-24-13)6-7-22(11)15-4-2-12(18)9-19-15/h2,4,8-9,11H,3,5-7,10H2,1H3. The van der Waals surface area contributed by atoms with Gasteiger partial charge in [0.2, 0.25) is 5.91 Å². The summed E-state index contributed by atoms with van der Waals surface area (Å²) in [7, 11) is 0. The average Bonchev–Trinajstić information content (AvgIpc) is 2.99. The van der Waals surface area contributed by atoms with E-state index in [1.165, 1.54) is 12.3 Å². The molecular formula is C16H18ClFN4O2. The molecule has 0 aromatic carbocycles. The molecule has 3 heterocycles. The fraction of sp³-hybridized carbons (Fsp3) is 0.438. The number of amides is 1. The summed E-state index contributed by atoms with van der Waals surface area (Å²) < 4.78 is 18.0. The highest BCUT2D eigenvalue weighted by atomic mass is 35.5. The van der Waals surface area contributed by atoms with Crippen LogP contribution in [0.4, 0.5) is 10.2 Å². The summed E-state index contributed by atoms with van der Waals surface area (Å²) in [6.45, 7) is 3.91. The molecule has 8 heteroatoms. The summed E-state index contributed by atoms with van der Waals surface area (Å²) in [6.07, 6.45) is 2.04. The van der Waals surface area contributed by atoms with Gasteiger partial charge in [-0.3, -0.25) is 4.79 Å². The largest absolute Gasteiger partial charge is 0.360 e. The van der Waals surface area contributed by atoms with E-state index in [9.17, 15) is 9.18 Å². The lowest BCUT2D eigenvalue weighted by atomic mass is 10.1. The van der Waals surface area contributed by atoms with Crippen LogP contribution in [-0.2, 0) is 11.2 Å². The Bertz CT molecular complexity index is 706. The Kier molecular flexibility index (Phi) is 4.99. The van der Waals surface area contributed by atoms with Crippen molar-refractivity contribution < 1.29 is 13.7 Å². The Morgan fingerprint density at radius 3 is 2.92 bits per heavy atom. The minimum Gasteiger partial charge on any atom is -0.360 e. The van der Waals surface area contributed by atoms with Crippen LogP contribution < -0.4 is 4.90 Å². The van der Waals surface area contributed by atoms with Crippen molar-refractivity contribution in [3.8, 4) is 0 Å². The van der Waals surface area contributed by atoms with Crippen molar-refractivity contribution in [1.82, 2.24) is 15.0 Å². The lowest BCUT2D eigenvalue weighted by Crippen LogP contribution is -2.54. The second kappa shape index (κ2) is 7.17. The minimum atomic E-state index is -0.354. The fourth-order valence-electron chi connectivity index (χ4n) is 2.86. The molecule has 0 spiro atoms. The number of hydrogen-bond acceptors (Lipinski definition) is 5. The van der Waals surface area contributed by atoms with Gasteiger partial charge in [-0.15, -0.1) is 0 Å². The van der Waals surface area contributed by atoms with E-state index in [1.54, 1.807) is 12.1 Å². The van der Waals surface area contributed by atoms with Gasteiger partial charge in [0.1, 0.15) is 17.4 Å². The maximum atomic E-state index is 13.0. The van der Waals surface area contributed by atoms with E-state index in [0.717, 1.165) is 5.82 Å². The molecule has 1 fully saturated rings. The van der Waals surface area contributed by atoms with Gasteiger partial charge in [-0.2, -0.15) is 0 Å². The average molecular weight is 353 g/mol. The van der Waals surface area contributed by atoms with Gasteiger partial charge in [-0.05, 0) is 19.1 Å². The van der Waals surface area contributed by atoms with E-state index in [0.29, 0.717) is 43.4 Å². The summed E-state index contributed by atoms with van der Waals surface area (Å²) in [5.74, 6) is 1.05. The predicted octanol–water partition coefficient (Wildman–Crippen LogP) is 2.53. The maximum absolute atomic E-state index is 13.0. The summed E-state index contributed by atoms with van der Waals surface area (Å²) in [5.41, 5.74) is 0. The van der Waals surface area contributed by atoms with Crippen LogP contribution in [0, 0.1) is 5.82 Å². The lowest BCUT2D eigenvalue weighted by molar-refractivity contribution is -0.132. The van der Waals surface area contributed by atoms with Crippen molar-refractivity contribution in [1.29, 1.82) is 0 Å². The van der Waals surface area contributed by atoms with E-state index in [2.05, 4.69) is 15.0 Å². The molecule has 6 nitrogen and oxygen atoms in total. The first-order chi connectivity index (χ1) is 11.5. The summed E-state index contributed by atoms with van der Waals surface area (Å²) >= 11 is 5.69. The number of piperazine rings is 1. The van der Waals surface area contributed by atoms with Gasteiger partial charge in [0.15, 0.2) is 5.15 Å². The number of nitrogens with zero attached hydrogens (tertiary/aromatic N) is 4. The van der Waals surface area contributed by atoms with Gasteiger partial charge in [0.05, 0.1) is 6.20 Å². The molecule has 1 amide bonds. The van der Waals surface area contributed by atoms with Gasteiger partial charge >= 0.3 is 0 Å². The Hall–Kier alpha value is -2.15. The van der Waals surface area contributed by atoms with E-state index in [4.69, 9.17) is 16.1 Å². The highest BCUT2D eigenvalue weighted by Crippen LogP contribution is 2.19. The third kappa shape index (κ3) is 3.84. The van der Waals surface area contributed by atoms with E-state index < -0.39 is 0 Å². The van der Waals surface area contributed by atoms with Gasteiger partial charge in [-0.25, -0.2) is 9.37 Å². The zero-order chi connectivity index (χ0) is 17.1. The fourth-order valence-corrected chi connectivity index (χ4v) is 3.01. The van der Waals surface area contributed by atoms with Crippen LogP contribution in [-0.4, -0.2) is 46.6 Å². The first kappa shape index (κ1) is 16.7. The van der Waals surface area contributed by atoms with Crippen molar-refractivity contribution in [2.24, 2.45) is 0 Å². The predicted molar refractivity (Wildman–Crippen MR) is 87.4 cm³/mol. The van der Waals surface area contributed by atoms with Gasteiger partial charge in [-0.1, -0.05) is 16.8 Å². The van der Waals surface area contributed by atoms with Crippen LogP contribution in [0.1, 0.15) is 19.1 Å². The first-order valence-corrected chi connectivity index (χ1v) is 8.18. The van der Waals surface area contributed by atoms with E-state index in [1.807, 2.05) is 11.8 Å². The minimum absolute atomic E-state index is 0.0705. The number of hydrogen-bond donors (Lipinski definition) is 0. The first-order valence-electron chi connectivity index (χ1n) is 7.80. The second-order valence-corrected chi connectivity index (χ2v) is 6.22.